The number of carbonyl (C=O) groups is 1. The fourth-order valence-electron chi connectivity index (χ4n) is 3.04. The molecule has 0 bridgehead atoms. The Hall–Kier alpha value is -3.86. The number of methoxy groups -OCH3 is 1. The lowest BCUT2D eigenvalue weighted by molar-refractivity contribution is -0.139. The predicted molar refractivity (Wildman–Crippen MR) is 112 cm³/mol. The van der Waals surface area contributed by atoms with E-state index in [1.807, 2.05) is 72.8 Å². The van der Waals surface area contributed by atoms with Gasteiger partial charge in [0.05, 0.1) is 36.3 Å². The summed E-state index contributed by atoms with van der Waals surface area (Å²) in [5.74, 6) is -0.253. The zero-order valence-corrected chi connectivity index (χ0v) is 15.9. The summed E-state index contributed by atoms with van der Waals surface area (Å²) in [4.78, 5) is 25.2. The van der Waals surface area contributed by atoms with E-state index < -0.39 is 0 Å². The Labute approximate surface area is 169 Å². The van der Waals surface area contributed by atoms with Gasteiger partial charge in [-0.25, -0.2) is 4.98 Å². The van der Waals surface area contributed by atoms with Gasteiger partial charge < -0.3 is 4.74 Å². The molecular formula is C24H19N3O2. The summed E-state index contributed by atoms with van der Waals surface area (Å²) < 4.78 is 4.74. The van der Waals surface area contributed by atoms with Gasteiger partial charge in [0, 0.05) is 12.4 Å². The first-order chi connectivity index (χ1) is 14.2. The number of hydrogen-bond donors (Lipinski definition) is 0. The highest BCUT2D eigenvalue weighted by atomic mass is 16.5. The van der Waals surface area contributed by atoms with Crippen LogP contribution in [0.2, 0.25) is 0 Å². The highest BCUT2D eigenvalue weighted by Gasteiger charge is 2.11. The van der Waals surface area contributed by atoms with E-state index >= 15 is 0 Å². The van der Waals surface area contributed by atoms with Crippen molar-refractivity contribution in [1.29, 1.82) is 0 Å². The maximum Gasteiger partial charge on any atom is 0.309 e. The molecule has 3 aromatic heterocycles. The SMILES string of the molecule is COC(=O)Cc1ccc(-c2cc(-c3ccccn3)nc(-c3ccccn3)c2)cc1. The van der Waals surface area contributed by atoms with Crippen LogP contribution < -0.4 is 0 Å². The van der Waals surface area contributed by atoms with E-state index in [0.717, 1.165) is 39.5 Å². The third-order valence-electron chi connectivity index (χ3n) is 4.54. The summed E-state index contributed by atoms with van der Waals surface area (Å²) >= 11 is 0. The number of carbonyl (C=O) groups excluding carboxylic acids is 1. The number of rotatable bonds is 5. The maximum absolute atomic E-state index is 11.5. The Morgan fingerprint density at radius 2 is 1.34 bits per heavy atom. The van der Waals surface area contributed by atoms with Gasteiger partial charge in [-0.3, -0.25) is 14.8 Å². The van der Waals surface area contributed by atoms with Gasteiger partial charge in [-0.05, 0) is 53.1 Å². The first-order valence-electron chi connectivity index (χ1n) is 9.24. The lowest BCUT2D eigenvalue weighted by atomic mass is 10.0. The zero-order chi connectivity index (χ0) is 20.1. The van der Waals surface area contributed by atoms with E-state index in [0.29, 0.717) is 0 Å². The third-order valence-corrected chi connectivity index (χ3v) is 4.54. The topological polar surface area (TPSA) is 65.0 Å². The molecule has 4 aromatic rings. The van der Waals surface area contributed by atoms with E-state index in [-0.39, 0.29) is 12.4 Å². The number of aromatic nitrogens is 3. The predicted octanol–water partition coefficient (Wildman–Crippen LogP) is 4.59. The van der Waals surface area contributed by atoms with Crippen LogP contribution in [0, 0.1) is 0 Å². The van der Waals surface area contributed by atoms with Crippen LogP contribution in [-0.4, -0.2) is 28.0 Å². The van der Waals surface area contributed by atoms with Gasteiger partial charge in [-0.2, -0.15) is 0 Å². The lowest BCUT2D eigenvalue weighted by Crippen LogP contribution is -2.04. The molecule has 0 aliphatic heterocycles. The summed E-state index contributed by atoms with van der Waals surface area (Å²) in [6.07, 6.45) is 3.77. The Morgan fingerprint density at radius 1 is 0.759 bits per heavy atom. The number of nitrogens with zero attached hydrogens (tertiary/aromatic N) is 3. The van der Waals surface area contributed by atoms with Crippen LogP contribution in [0.15, 0.2) is 85.2 Å². The molecule has 5 heteroatoms. The molecule has 1 aromatic carbocycles. The second kappa shape index (κ2) is 8.44. The van der Waals surface area contributed by atoms with Gasteiger partial charge >= 0.3 is 5.97 Å². The van der Waals surface area contributed by atoms with Crippen molar-refractivity contribution in [2.75, 3.05) is 7.11 Å². The first kappa shape index (κ1) is 18.5. The molecule has 4 rings (SSSR count). The van der Waals surface area contributed by atoms with Gasteiger partial charge in [0.25, 0.3) is 0 Å². The Balaban J connectivity index is 1.77. The van der Waals surface area contributed by atoms with Crippen LogP contribution in [0.1, 0.15) is 5.56 Å². The van der Waals surface area contributed by atoms with Crippen molar-refractivity contribution < 1.29 is 9.53 Å². The zero-order valence-electron chi connectivity index (χ0n) is 15.9. The van der Waals surface area contributed by atoms with Crippen LogP contribution in [-0.2, 0) is 16.0 Å². The minimum Gasteiger partial charge on any atom is -0.469 e. The molecule has 0 spiro atoms. The van der Waals surface area contributed by atoms with Gasteiger partial charge in [-0.15, -0.1) is 0 Å². The van der Waals surface area contributed by atoms with Gasteiger partial charge in [0.1, 0.15) is 0 Å². The van der Waals surface area contributed by atoms with Crippen molar-refractivity contribution in [3.05, 3.63) is 90.8 Å². The highest BCUT2D eigenvalue weighted by molar-refractivity contribution is 5.76. The molecule has 0 fully saturated rings. The van der Waals surface area contributed by atoms with Gasteiger partial charge in [-0.1, -0.05) is 36.4 Å². The smallest absolute Gasteiger partial charge is 0.309 e. The number of ether oxygens (including phenoxy) is 1. The van der Waals surface area contributed by atoms with Crippen molar-refractivity contribution >= 4 is 5.97 Å². The van der Waals surface area contributed by atoms with E-state index in [1.165, 1.54) is 7.11 Å². The maximum atomic E-state index is 11.5. The fourth-order valence-corrected chi connectivity index (χ4v) is 3.04. The normalized spacial score (nSPS) is 10.5. The van der Waals surface area contributed by atoms with Gasteiger partial charge in [0.2, 0.25) is 0 Å². The van der Waals surface area contributed by atoms with Crippen molar-refractivity contribution in [2.24, 2.45) is 0 Å². The molecule has 0 aliphatic rings. The minimum absolute atomic E-state index is 0.253. The molecular weight excluding hydrogens is 362 g/mol. The van der Waals surface area contributed by atoms with E-state index in [9.17, 15) is 4.79 Å². The lowest BCUT2D eigenvalue weighted by Gasteiger charge is -2.10. The largest absolute Gasteiger partial charge is 0.469 e. The average Bonchev–Trinajstić information content (AvgIpc) is 2.80. The molecule has 0 amide bonds. The average molecular weight is 381 g/mol. The van der Waals surface area contributed by atoms with Crippen LogP contribution >= 0.6 is 0 Å². The molecule has 0 saturated carbocycles. The van der Waals surface area contributed by atoms with Crippen molar-refractivity contribution in [1.82, 2.24) is 15.0 Å². The van der Waals surface area contributed by atoms with Crippen LogP contribution in [0.25, 0.3) is 33.9 Å². The van der Waals surface area contributed by atoms with Crippen LogP contribution in [0.3, 0.4) is 0 Å². The minimum atomic E-state index is -0.253. The summed E-state index contributed by atoms with van der Waals surface area (Å²) in [7, 11) is 1.39. The third kappa shape index (κ3) is 4.35. The first-order valence-corrected chi connectivity index (χ1v) is 9.24. The monoisotopic (exact) mass is 381 g/mol. The molecule has 0 aliphatic carbocycles. The summed E-state index contributed by atoms with van der Waals surface area (Å²) in [6.45, 7) is 0. The number of esters is 1. The Kier molecular flexibility index (Phi) is 5.38. The molecule has 3 heterocycles. The Bertz CT molecular complexity index is 1050. The summed E-state index contributed by atoms with van der Waals surface area (Å²) in [5, 5.41) is 0. The number of hydrogen-bond acceptors (Lipinski definition) is 5. The van der Waals surface area contributed by atoms with Crippen molar-refractivity contribution in [3.63, 3.8) is 0 Å². The second-order valence-corrected chi connectivity index (χ2v) is 6.51. The van der Waals surface area contributed by atoms with E-state index in [4.69, 9.17) is 9.72 Å². The molecule has 0 N–H and O–H groups in total. The quantitative estimate of drug-likeness (QED) is 0.473. The molecule has 0 atom stereocenters. The summed E-state index contributed by atoms with van der Waals surface area (Å²) in [6, 6.07) is 23.4. The highest BCUT2D eigenvalue weighted by Crippen LogP contribution is 2.29. The van der Waals surface area contributed by atoms with Crippen molar-refractivity contribution in [2.45, 2.75) is 6.42 Å². The van der Waals surface area contributed by atoms with Crippen LogP contribution in [0.5, 0.6) is 0 Å². The molecule has 29 heavy (non-hydrogen) atoms. The van der Waals surface area contributed by atoms with Crippen LogP contribution in [0.4, 0.5) is 0 Å². The van der Waals surface area contributed by atoms with Gasteiger partial charge in [0.15, 0.2) is 0 Å². The standard InChI is InChI=1S/C24H19N3O2/c1-29-24(28)14-17-8-10-18(11-9-17)19-15-22(20-6-2-4-12-25-20)27-23(16-19)21-7-3-5-13-26-21/h2-13,15-16H,14H2,1H3. The molecule has 142 valence electrons. The second-order valence-electron chi connectivity index (χ2n) is 6.51. The molecule has 0 unspecified atom stereocenters. The number of pyridine rings is 3. The number of benzene rings is 1. The molecule has 5 nitrogen and oxygen atoms in total. The molecule has 0 saturated heterocycles. The van der Waals surface area contributed by atoms with E-state index in [1.54, 1.807) is 12.4 Å². The summed E-state index contributed by atoms with van der Waals surface area (Å²) in [5.41, 5.74) is 6.10. The van der Waals surface area contributed by atoms with Crippen molar-refractivity contribution in [3.8, 4) is 33.9 Å². The van der Waals surface area contributed by atoms with E-state index in [2.05, 4.69) is 9.97 Å². The fraction of sp³-hybridized carbons (Fsp3) is 0.0833. The Morgan fingerprint density at radius 3 is 1.83 bits per heavy atom. The molecule has 0 radical (unpaired) electrons.